The van der Waals surface area contributed by atoms with Crippen LogP contribution in [0.4, 0.5) is 0 Å². The third-order valence-electron chi connectivity index (χ3n) is 3.09. The molecular formula is C15H20N2O. The normalized spacial score (nSPS) is 12.6. The van der Waals surface area contributed by atoms with E-state index in [0.29, 0.717) is 6.04 Å². The smallest absolute Gasteiger partial charge is 0.108 e. The van der Waals surface area contributed by atoms with E-state index in [9.17, 15) is 0 Å². The van der Waals surface area contributed by atoms with Crippen LogP contribution in [0.25, 0.3) is 0 Å². The number of aromatic nitrogens is 1. The van der Waals surface area contributed by atoms with Crippen LogP contribution in [-0.2, 0) is 12.8 Å². The Balaban J connectivity index is 2.18. The molecule has 3 heteroatoms. The molecule has 96 valence electrons. The van der Waals surface area contributed by atoms with Gasteiger partial charge in [-0.2, -0.15) is 0 Å². The lowest BCUT2D eigenvalue weighted by Crippen LogP contribution is -2.23. The van der Waals surface area contributed by atoms with Gasteiger partial charge in [0.25, 0.3) is 0 Å². The molecule has 0 amide bonds. The number of nitrogens with one attached hydrogen (secondary N) is 1. The molecule has 2 aromatic heterocycles. The highest BCUT2D eigenvalue weighted by Crippen LogP contribution is 2.23. The minimum atomic E-state index is 0.299. The topological polar surface area (TPSA) is 38.1 Å². The van der Waals surface area contributed by atoms with E-state index in [-0.39, 0.29) is 0 Å². The molecule has 1 N–H and O–H groups in total. The lowest BCUT2D eigenvalue weighted by Gasteiger charge is -2.17. The molecule has 2 aromatic rings. The fourth-order valence-corrected chi connectivity index (χ4v) is 2.24. The summed E-state index contributed by atoms with van der Waals surface area (Å²) in [6.07, 6.45) is 7.38. The van der Waals surface area contributed by atoms with Crippen molar-refractivity contribution in [2.75, 3.05) is 6.54 Å². The predicted octanol–water partition coefficient (Wildman–Crippen LogP) is 3.13. The number of nitrogens with zero attached hydrogens (tertiary/aromatic N) is 1. The zero-order valence-electron chi connectivity index (χ0n) is 11.0. The van der Waals surface area contributed by atoms with Crippen molar-refractivity contribution in [1.82, 2.24) is 10.3 Å². The number of likely N-dealkylation sites (N-methyl/N-ethyl adjacent to an activating group) is 1. The number of hydrogen-bond donors (Lipinski definition) is 1. The molecule has 0 aliphatic rings. The molecule has 0 aliphatic carbocycles. The first-order valence-electron chi connectivity index (χ1n) is 6.53. The van der Waals surface area contributed by atoms with Crippen molar-refractivity contribution in [3.63, 3.8) is 0 Å². The summed E-state index contributed by atoms with van der Waals surface area (Å²) in [6, 6.07) is 6.47. The standard InChI is InChI=1S/C15H20N2O/c1-3-15-13(7-9-18-15)14(17-4-2)10-12-6-5-8-16-11-12/h5-9,11,14,17H,3-4,10H2,1-2H3. The summed E-state index contributed by atoms with van der Waals surface area (Å²) in [5.41, 5.74) is 2.51. The van der Waals surface area contributed by atoms with Gasteiger partial charge in [-0.05, 0) is 30.7 Å². The van der Waals surface area contributed by atoms with Crippen LogP contribution in [0.3, 0.4) is 0 Å². The number of furan rings is 1. The Labute approximate surface area is 108 Å². The van der Waals surface area contributed by atoms with Crippen LogP contribution in [0.2, 0.25) is 0 Å². The molecule has 0 aliphatic heterocycles. The summed E-state index contributed by atoms with van der Waals surface area (Å²) in [5, 5.41) is 3.52. The zero-order valence-corrected chi connectivity index (χ0v) is 11.0. The van der Waals surface area contributed by atoms with Crippen molar-refractivity contribution in [2.24, 2.45) is 0 Å². The van der Waals surface area contributed by atoms with Crippen molar-refractivity contribution < 1.29 is 4.42 Å². The van der Waals surface area contributed by atoms with Crippen molar-refractivity contribution >= 4 is 0 Å². The van der Waals surface area contributed by atoms with Crippen LogP contribution in [0.1, 0.15) is 36.8 Å². The first-order valence-corrected chi connectivity index (χ1v) is 6.53. The van der Waals surface area contributed by atoms with E-state index in [1.54, 1.807) is 12.5 Å². The highest BCUT2D eigenvalue weighted by molar-refractivity contribution is 5.24. The molecule has 0 radical (unpaired) electrons. The lowest BCUT2D eigenvalue weighted by molar-refractivity contribution is 0.487. The predicted molar refractivity (Wildman–Crippen MR) is 72.4 cm³/mol. The van der Waals surface area contributed by atoms with Crippen molar-refractivity contribution in [3.8, 4) is 0 Å². The van der Waals surface area contributed by atoms with Crippen molar-refractivity contribution in [3.05, 3.63) is 53.7 Å². The molecule has 0 aromatic carbocycles. The molecule has 1 atom stereocenters. The zero-order chi connectivity index (χ0) is 12.8. The molecule has 0 spiro atoms. The van der Waals surface area contributed by atoms with E-state index in [0.717, 1.165) is 25.1 Å². The van der Waals surface area contributed by atoms with Gasteiger partial charge in [-0.1, -0.05) is 19.9 Å². The third-order valence-corrected chi connectivity index (χ3v) is 3.09. The average molecular weight is 244 g/mol. The molecule has 2 heterocycles. The Morgan fingerprint density at radius 3 is 2.89 bits per heavy atom. The highest BCUT2D eigenvalue weighted by Gasteiger charge is 2.16. The Morgan fingerprint density at radius 2 is 2.22 bits per heavy atom. The fourth-order valence-electron chi connectivity index (χ4n) is 2.24. The molecule has 3 nitrogen and oxygen atoms in total. The second kappa shape index (κ2) is 6.36. The Hall–Kier alpha value is -1.61. The summed E-state index contributed by atoms with van der Waals surface area (Å²) in [7, 11) is 0. The minimum absolute atomic E-state index is 0.299. The van der Waals surface area contributed by atoms with Gasteiger partial charge in [0.05, 0.1) is 6.26 Å². The summed E-state index contributed by atoms with van der Waals surface area (Å²) < 4.78 is 5.52. The van der Waals surface area contributed by atoms with Gasteiger partial charge in [0.15, 0.2) is 0 Å². The van der Waals surface area contributed by atoms with Gasteiger partial charge >= 0.3 is 0 Å². The highest BCUT2D eigenvalue weighted by atomic mass is 16.3. The second-order valence-corrected chi connectivity index (χ2v) is 4.33. The number of pyridine rings is 1. The molecule has 0 bridgehead atoms. The SMILES string of the molecule is CCNC(Cc1cccnc1)c1ccoc1CC. The van der Waals surface area contributed by atoms with Gasteiger partial charge in [0, 0.05) is 30.4 Å². The molecule has 18 heavy (non-hydrogen) atoms. The maximum absolute atomic E-state index is 5.52. The fraction of sp³-hybridized carbons (Fsp3) is 0.400. The Kier molecular flexibility index (Phi) is 4.53. The quantitative estimate of drug-likeness (QED) is 0.848. The first kappa shape index (κ1) is 12.8. The molecule has 0 saturated carbocycles. The van der Waals surface area contributed by atoms with Gasteiger partial charge in [-0.3, -0.25) is 4.98 Å². The monoisotopic (exact) mass is 244 g/mol. The van der Waals surface area contributed by atoms with Crippen LogP contribution < -0.4 is 5.32 Å². The molecule has 0 fully saturated rings. The van der Waals surface area contributed by atoms with Crippen LogP contribution in [-0.4, -0.2) is 11.5 Å². The molecule has 2 rings (SSSR count). The second-order valence-electron chi connectivity index (χ2n) is 4.33. The van der Waals surface area contributed by atoms with Crippen LogP contribution in [0.15, 0.2) is 41.3 Å². The first-order chi connectivity index (χ1) is 8.85. The van der Waals surface area contributed by atoms with Gasteiger partial charge in [0.1, 0.15) is 5.76 Å². The lowest BCUT2D eigenvalue weighted by atomic mass is 9.99. The van der Waals surface area contributed by atoms with Gasteiger partial charge in [-0.15, -0.1) is 0 Å². The summed E-state index contributed by atoms with van der Waals surface area (Å²) in [4.78, 5) is 4.17. The van der Waals surface area contributed by atoms with Crippen molar-refractivity contribution in [1.29, 1.82) is 0 Å². The van der Waals surface area contributed by atoms with Gasteiger partial charge in [-0.25, -0.2) is 0 Å². The minimum Gasteiger partial charge on any atom is -0.469 e. The largest absolute Gasteiger partial charge is 0.469 e. The summed E-state index contributed by atoms with van der Waals surface area (Å²) in [6.45, 7) is 5.19. The van der Waals surface area contributed by atoms with E-state index in [1.165, 1.54) is 11.1 Å². The van der Waals surface area contributed by atoms with Gasteiger partial charge in [0.2, 0.25) is 0 Å². The van der Waals surface area contributed by atoms with Crippen molar-refractivity contribution in [2.45, 2.75) is 32.7 Å². The van der Waals surface area contributed by atoms with E-state index < -0.39 is 0 Å². The van der Waals surface area contributed by atoms with Crippen LogP contribution >= 0.6 is 0 Å². The molecule has 0 saturated heterocycles. The van der Waals surface area contributed by atoms with E-state index in [1.807, 2.05) is 12.3 Å². The summed E-state index contributed by atoms with van der Waals surface area (Å²) in [5.74, 6) is 1.07. The average Bonchev–Trinajstić information content (AvgIpc) is 2.87. The number of rotatable bonds is 6. The van der Waals surface area contributed by atoms with E-state index >= 15 is 0 Å². The third kappa shape index (κ3) is 2.99. The summed E-state index contributed by atoms with van der Waals surface area (Å²) >= 11 is 0. The Morgan fingerprint density at radius 1 is 1.33 bits per heavy atom. The van der Waals surface area contributed by atoms with Gasteiger partial charge < -0.3 is 9.73 Å². The van der Waals surface area contributed by atoms with Crippen LogP contribution in [0.5, 0.6) is 0 Å². The van der Waals surface area contributed by atoms with Crippen LogP contribution in [0, 0.1) is 0 Å². The Bertz CT molecular complexity index is 464. The van der Waals surface area contributed by atoms with E-state index in [4.69, 9.17) is 4.42 Å². The maximum atomic E-state index is 5.52. The molecular weight excluding hydrogens is 224 g/mol. The maximum Gasteiger partial charge on any atom is 0.108 e. The molecule has 1 unspecified atom stereocenters. The number of aryl methyl sites for hydroxylation is 1. The number of hydrogen-bond acceptors (Lipinski definition) is 3. The van der Waals surface area contributed by atoms with E-state index in [2.05, 4.69) is 36.3 Å².